The summed E-state index contributed by atoms with van der Waals surface area (Å²) >= 11 is 0. The zero-order valence-electron chi connectivity index (χ0n) is 25.7. The zero-order valence-corrected chi connectivity index (χ0v) is 25.7. The molecular formula is C37H47FN2O. The predicted octanol–water partition coefficient (Wildman–Crippen LogP) is 9.90. The Labute approximate surface area is 246 Å². The Morgan fingerprint density at radius 3 is 2.56 bits per heavy atom. The van der Waals surface area contributed by atoms with E-state index in [9.17, 15) is 4.79 Å². The number of carbonyl (C=O) groups excluding carboxylic acids is 1. The molecule has 2 aromatic carbocycles. The highest BCUT2D eigenvalue weighted by molar-refractivity contribution is 5.96. The lowest BCUT2D eigenvalue weighted by atomic mass is 9.72. The third-order valence-corrected chi connectivity index (χ3v) is 10.8. The highest BCUT2D eigenvalue weighted by Crippen LogP contribution is 2.65. The average molecular weight is 555 g/mol. The van der Waals surface area contributed by atoms with E-state index in [1.54, 1.807) is 4.90 Å². The number of alkyl halides is 1. The van der Waals surface area contributed by atoms with E-state index in [-0.39, 0.29) is 11.3 Å². The Bertz CT molecular complexity index is 1390. The summed E-state index contributed by atoms with van der Waals surface area (Å²) < 4.78 is 15.3. The van der Waals surface area contributed by atoms with Gasteiger partial charge in [0.05, 0.1) is 0 Å². The Morgan fingerprint density at radius 2 is 1.88 bits per heavy atom. The molecule has 0 radical (unpaired) electrons. The monoisotopic (exact) mass is 554 g/mol. The van der Waals surface area contributed by atoms with Gasteiger partial charge < -0.3 is 10.2 Å². The molecule has 0 spiro atoms. The van der Waals surface area contributed by atoms with E-state index in [0.717, 1.165) is 42.6 Å². The minimum Gasteiger partial charge on any atom is -0.355 e. The number of halogens is 1. The predicted molar refractivity (Wildman–Crippen MR) is 169 cm³/mol. The third kappa shape index (κ3) is 5.28. The van der Waals surface area contributed by atoms with Crippen molar-refractivity contribution in [2.45, 2.75) is 104 Å². The molecule has 2 aromatic rings. The number of amides is 1. The molecule has 2 saturated carbocycles. The van der Waals surface area contributed by atoms with Crippen LogP contribution in [0.3, 0.4) is 0 Å². The van der Waals surface area contributed by atoms with Crippen LogP contribution in [0.15, 0.2) is 53.7 Å². The second-order valence-corrected chi connectivity index (χ2v) is 13.6. The van der Waals surface area contributed by atoms with Crippen LogP contribution in [0.4, 0.5) is 15.8 Å². The van der Waals surface area contributed by atoms with Crippen molar-refractivity contribution in [1.82, 2.24) is 0 Å². The second kappa shape index (κ2) is 11.1. The van der Waals surface area contributed by atoms with Gasteiger partial charge in [0.1, 0.15) is 6.17 Å². The Balaban J connectivity index is 1.40. The first-order valence-electron chi connectivity index (χ1n) is 16.1. The molecule has 4 heteroatoms. The van der Waals surface area contributed by atoms with Gasteiger partial charge in [-0.1, -0.05) is 52.0 Å². The Kier molecular flexibility index (Phi) is 7.63. The molecule has 3 atom stereocenters. The van der Waals surface area contributed by atoms with Crippen molar-refractivity contribution in [2.24, 2.45) is 17.3 Å². The number of anilines is 2. The summed E-state index contributed by atoms with van der Waals surface area (Å²) in [7, 11) is 1.89. The fraction of sp³-hybridized carbons (Fsp3) is 0.541. The number of fused-ring (bicyclic) bond motifs is 4. The molecule has 1 heterocycles. The summed E-state index contributed by atoms with van der Waals surface area (Å²) in [5.74, 6) is 1.75. The number of aryl methyl sites for hydroxylation is 1. The third-order valence-electron chi connectivity index (χ3n) is 10.8. The van der Waals surface area contributed by atoms with E-state index in [4.69, 9.17) is 0 Å². The van der Waals surface area contributed by atoms with Crippen LogP contribution in [0.2, 0.25) is 0 Å². The maximum absolute atomic E-state index is 15.3. The summed E-state index contributed by atoms with van der Waals surface area (Å²) in [4.78, 5) is 14.2. The standard InChI is InChI=1S/C37H47FN2O/c1-6-37(7-2)22-27(29-15-12-26(33(38)17-23(3)4)18-30(29)31-21-32(31)37)19-34(24-9-8-10-24)39-28-14-11-25-13-16-36(41)40(5)35(25)20-28/h11-12,14-15,18-20,23,31-33,39H,6-10,13,16-17,21-22H2,1-5H3/b27-19+. The summed E-state index contributed by atoms with van der Waals surface area (Å²) in [5, 5.41) is 3.81. The van der Waals surface area contributed by atoms with Gasteiger partial charge in [-0.15, -0.1) is 0 Å². The van der Waals surface area contributed by atoms with Gasteiger partial charge >= 0.3 is 0 Å². The highest BCUT2D eigenvalue weighted by atomic mass is 19.1. The summed E-state index contributed by atoms with van der Waals surface area (Å²) in [6.07, 6.45) is 11.6. The molecule has 218 valence electrons. The van der Waals surface area contributed by atoms with Crippen molar-refractivity contribution >= 4 is 22.9 Å². The number of nitrogens with one attached hydrogen (secondary N) is 1. The van der Waals surface area contributed by atoms with Crippen molar-refractivity contribution < 1.29 is 9.18 Å². The van der Waals surface area contributed by atoms with E-state index < -0.39 is 6.17 Å². The van der Waals surface area contributed by atoms with Crippen LogP contribution in [-0.4, -0.2) is 13.0 Å². The number of rotatable bonds is 8. The minimum atomic E-state index is -0.904. The molecule has 3 nitrogen and oxygen atoms in total. The second-order valence-electron chi connectivity index (χ2n) is 13.6. The van der Waals surface area contributed by atoms with Gasteiger partial charge in [-0.2, -0.15) is 0 Å². The molecule has 6 rings (SSSR count). The lowest BCUT2D eigenvalue weighted by Gasteiger charge is -2.33. The van der Waals surface area contributed by atoms with Crippen LogP contribution in [0.5, 0.6) is 0 Å². The maximum atomic E-state index is 15.3. The number of nitrogens with zero attached hydrogens (tertiary/aromatic N) is 1. The van der Waals surface area contributed by atoms with Crippen molar-refractivity contribution in [1.29, 1.82) is 0 Å². The maximum Gasteiger partial charge on any atom is 0.227 e. The van der Waals surface area contributed by atoms with Gasteiger partial charge in [0, 0.05) is 30.5 Å². The first-order chi connectivity index (χ1) is 19.7. The van der Waals surface area contributed by atoms with E-state index in [0.29, 0.717) is 30.6 Å². The largest absolute Gasteiger partial charge is 0.355 e. The Hall–Kier alpha value is -2.88. The van der Waals surface area contributed by atoms with Crippen LogP contribution < -0.4 is 10.2 Å². The number of hydrogen-bond acceptors (Lipinski definition) is 2. The molecule has 0 bridgehead atoms. The molecule has 3 unspecified atom stereocenters. The van der Waals surface area contributed by atoms with Gasteiger partial charge in [-0.05, 0) is 133 Å². The number of carbonyl (C=O) groups is 1. The number of hydrogen-bond donors (Lipinski definition) is 1. The molecule has 2 fully saturated rings. The van der Waals surface area contributed by atoms with Crippen molar-refractivity contribution in [3.8, 4) is 0 Å². The minimum absolute atomic E-state index is 0.182. The molecule has 3 aliphatic carbocycles. The van der Waals surface area contributed by atoms with Gasteiger partial charge in [0.15, 0.2) is 0 Å². The topological polar surface area (TPSA) is 32.3 Å². The van der Waals surface area contributed by atoms with E-state index in [1.165, 1.54) is 59.2 Å². The summed E-state index contributed by atoms with van der Waals surface area (Å²) in [6.45, 7) is 8.94. The molecule has 4 aliphatic rings. The van der Waals surface area contributed by atoms with Crippen molar-refractivity contribution in [2.75, 3.05) is 17.3 Å². The first kappa shape index (κ1) is 28.2. The van der Waals surface area contributed by atoms with Crippen LogP contribution in [0.1, 0.15) is 120 Å². The molecule has 41 heavy (non-hydrogen) atoms. The normalized spacial score (nSPS) is 24.3. The van der Waals surface area contributed by atoms with Gasteiger partial charge in [-0.25, -0.2) is 4.39 Å². The van der Waals surface area contributed by atoms with E-state index in [1.807, 2.05) is 7.05 Å². The van der Waals surface area contributed by atoms with Gasteiger partial charge in [0.2, 0.25) is 5.91 Å². The summed E-state index contributed by atoms with van der Waals surface area (Å²) in [6, 6.07) is 13.0. The fourth-order valence-electron chi connectivity index (χ4n) is 7.79. The van der Waals surface area contributed by atoms with Crippen LogP contribution >= 0.6 is 0 Å². The SMILES string of the molecule is CCC1(CC)C/C(=C\C(Nc2ccc3c(c2)N(C)C(=O)CC3)=C2CCC2)c2ccc(C(F)CC(C)C)cc2C2CC21. The van der Waals surface area contributed by atoms with Crippen molar-refractivity contribution in [3.05, 3.63) is 76.0 Å². The summed E-state index contributed by atoms with van der Waals surface area (Å²) in [5.41, 5.74) is 11.2. The van der Waals surface area contributed by atoms with Gasteiger partial charge in [0.25, 0.3) is 0 Å². The molecule has 1 amide bonds. The highest BCUT2D eigenvalue weighted by Gasteiger charge is 2.54. The molecule has 0 saturated heterocycles. The fourth-order valence-corrected chi connectivity index (χ4v) is 7.79. The molecular weight excluding hydrogens is 507 g/mol. The molecule has 1 N–H and O–H groups in total. The first-order valence-corrected chi connectivity index (χ1v) is 16.1. The van der Waals surface area contributed by atoms with Crippen LogP contribution in [-0.2, 0) is 11.2 Å². The lowest BCUT2D eigenvalue weighted by Crippen LogP contribution is -2.31. The number of benzene rings is 2. The number of allylic oxidation sites excluding steroid dienone is 3. The smallest absolute Gasteiger partial charge is 0.227 e. The molecule has 0 aromatic heterocycles. The quantitative estimate of drug-likeness (QED) is 0.352. The van der Waals surface area contributed by atoms with Crippen molar-refractivity contribution in [3.63, 3.8) is 0 Å². The lowest BCUT2D eigenvalue weighted by molar-refractivity contribution is -0.118. The van der Waals surface area contributed by atoms with Gasteiger partial charge in [-0.3, -0.25) is 4.79 Å². The zero-order chi connectivity index (χ0) is 28.9. The van der Waals surface area contributed by atoms with E-state index in [2.05, 4.69) is 75.5 Å². The Morgan fingerprint density at radius 1 is 1.10 bits per heavy atom. The van der Waals surface area contributed by atoms with Crippen LogP contribution in [0, 0.1) is 17.3 Å². The average Bonchev–Trinajstić information content (AvgIpc) is 3.74. The van der Waals surface area contributed by atoms with Crippen LogP contribution in [0.25, 0.3) is 5.57 Å². The molecule has 1 aliphatic heterocycles. The van der Waals surface area contributed by atoms with E-state index >= 15 is 4.39 Å².